The summed E-state index contributed by atoms with van der Waals surface area (Å²) in [6.45, 7) is 0.554. The van der Waals surface area contributed by atoms with Crippen molar-refractivity contribution in [2.75, 3.05) is 18.1 Å². The van der Waals surface area contributed by atoms with Crippen molar-refractivity contribution in [3.8, 4) is 0 Å². The van der Waals surface area contributed by atoms with Gasteiger partial charge in [-0.05, 0) is 49.3 Å². The number of carbonyl (C=O) groups is 1. The number of thioether (sulfide) groups is 1. The van der Waals surface area contributed by atoms with Crippen molar-refractivity contribution >= 4 is 17.5 Å². The van der Waals surface area contributed by atoms with Crippen LogP contribution in [-0.4, -0.2) is 29.5 Å². The largest absolute Gasteiger partial charge is 0.375 e. The molecule has 1 aromatic carbocycles. The zero-order valence-corrected chi connectivity index (χ0v) is 12.6. The van der Waals surface area contributed by atoms with Crippen molar-refractivity contribution in [3.05, 3.63) is 35.4 Å². The molecule has 0 N–H and O–H groups in total. The Morgan fingerprint density at radius 2 is 1.86 bits per heavy atom. The summed E-state index contributed by atoms with van der Waals surface area (Å²) < 4.78 is 32.5. The van der Waals surface area contributed by atoms with Crippen molar-refractivity contribution in [3.63, 3.8) is 0 Å². The van der Waals surface area contributed by atoms with E-state index in [2.05, 4.69) is 0 Å². The minimum Gasteiger partial charge on any atom is -0.375 e. The first-order valence-electron chi connectivity index (χ1n) is 7.30. The van der Waals surface area contributed by atoms with Gasteiger partial charge in [-0.25, -0.2) is 8.78 Å². The maximum absolute atomic E-state index is 13.3. The highest BCUT2D eigenvalue weighted by Crippen LogP contribution is 2.40. The Morgan fingerprint density at radius 3 is 2.52 bits per heavy atom. The predicted molar refractivity (Wildman–Crippen MR) is 78.7 cm³/mol. The first kappa shape index (κ1) is 15.0. The molecule has 21 heavy (non-hydrogen) atoms. The molecular weight excluding hydrogens is 294 g/mol. The van der Waals surface area contributed by atoms with Gasteiger partial charge in [-0.2, -0.15) is 11.8 Å². The Labute approximate surface area is 127 Å². The van der Waals surface area contributed by atoms with Crippen LogP contribution in [0.1, 0.15) is 36.0 Å². The molecule has 0 amide bonds. The van der Waals surface area contributed by atoms with E-state index in [1.54, 1.807) is 0 Å². The van der Waals surface area contributed by atoms with Gasteiger partial charge in [0.05, 0.1) is 5.60 Å². The van der Waals surface area contributed by atoms with Crippen LogP contribution in [0.15, 0.2) is 18.2 Å². The molecule has 1 aromatic rings. The molecule has 2 nitrogen and oxygen atoms in total. The molecular formula is C16H18F2O2S. The van der Waals surface area contributed by atoms with Gasteiger partial charge in [-0.15, -0.1) is 0 Å². The smallest absolute Gasteiger partial charge is 0.166 e. The van der Waals surface area contributed by atoms with Crippen molar-refractivity contribution < 1.29 is 18.3 Å². The molecule has 2 saturated heterocycles. The average Bonchev–Trinajstić information content (AvgIpc) is 2.46. The Hall–Kier alpha value is -0.940. The van der Waals surface area contributed by atoms with Crippen molar-refractivity contribution in [1.29, 1.82) is 0 Å². The van der Waals surface area contributed by atoms with Gasteiger partial charge in [0.15, 0.2) is 5.78 Å². The molecule has 1 spiro atoms. The molecule has 0 aliphatic carbocycles. The van der Waals surface area contributed by atoms with Gasteiger partial charge in [-0.3, -0.25) is 4.79 Å². The Bertz CT molecular complexity index is 515. The first-order chi connectivity index (χ1) is 10.1. The second-order valence-corrected chi connectivity index (χ2v) is 7.08. The molecule has 0 radical (unpaired) electrons. The lowest BCUT2D eigenvalue weighted by Crippen LogP contribution is -2.44. The number of Topliss-reactive ketones (excluding diaryl/α,β-unsaturated/α-hetero) is 1. The molecule has 0 bridgehead atoms. The summed E-state index contributed by atoms with van der Waals surface area (Å²) in [5.41, 5.74) is -0.0601. The van der Waals surface area contributed by atoms with Crippen LogP contribution in [-0.2, 0) is 4.74 Å². The lowest BCUT2D eigenvalue weighted by atomic mass is 9.79. The van der Waals surface area contributed by atoms with Gasteiger partial charge in [0.2, 0.25) is 0 Å². The van der Waals surface area contributed by atoms with Crippen LogP contribution in [0.25, 0.3) is 0 Å². The highest BCUT2D eigenvalue weighted by Gasteiger charge is 2.41. The average molecular weight is 312 g/mol. The van der Waals surface area contributed by atoms with Crippen LogP contribution in [0.5, 0.6) is 0 Å². The maximum atomic E-state index is 13.3. The van der Waals surface area contributed by atoms with Crippen molar-refractivity contribution in [2.24, 2.45) is 5.92 Å². The fraction of sp³-hybridized carbons (Fsp3) is 0.562. The highest BCUT2D eigenvalue weighted by molar-refractivity contribution is 7.99. The van der Waals surface area contributed by atoms with E-state index >= 15 is 0 Å². The SMILES string of the molecule is O=C(c1cc(F)cc(F)c1)C1CCOC2(CCSCC2)C1. The van der Waals surface area contributed by atoms with Gasteiger partial charge in [0.25, 0.3) is 0 Å². The third kappa shape index (κ3) is 3.29. The van der Waals surface area contributed by atoms with E-state index in [0.29, 0.717) is 19.4 Å². The van der Waals surface area contributed by atoms with Crippen LogP contribution in [0.2, 0.25) is 0 Å². The summed E-state index contributed by atoms with van der Waals surface area (Å²) >= 11 is 1.91. The number of ketones is 1. The van der Waals surface area contributed by atoms with E-state index in [4.69, 9.17) is 4.74 Å². The zero-order chi connectivity index (χ0) is 14.9. The van der Waals surface area contributed by atoms with Gasteiger partial charge in [0.1, 0.15) is 11.6 Å². The quantitative estimate of drug-likeness (QED) is 0.776. The third-order valence-corrected chi connectivity index (χ3v) is 5.40. The lowest BCUT2D eigenvalue weighted by molar-refractivity contribution is -0.0959. The topological polar surface area (TPSA) is 26.3 Å². The van der Waals surface area contributed by atoms with Gasteiger partial charge >= 0.3 is 0 Å². The summed E-state index contributed by atoms with van der Waals surface area (Å²) in [4.78, 5) is 12.5. The summed E-state index contributed by atoms with van der Waals surface area (Å²) in [6, 6.07) is 3.05. The number of halogens is 2. The number of ether oxygens (including phenoxy) is 1. The number of benzene rings is 1. The summed E-state index contributed by atoms with van der Waals surface area (Å²) in [5, 5.41) is 0. The zero-order valence-electron chi connectivity index (χ0n) is 11.7. The Balaban J connectivity index is 1.77. The van der Waals surface area contributed by atoms with Crippen LogP contribution in [0.4, 0.5) is 8.78 Å². The van der Waals surface area contributed by atoms with E-state index in [1.165, 1.54) is 0 Å². The molecule has 1 atom stereocenters. The normalized spacial score (nSPS) is 25.0. The molecule has 2 aliphatic heterocycles. The lowest BCUT2D eigenvalue weighted by Gasteiger charge is -2.42. The molecule has 2 fully saturated rings. The molecule has 114 valence electrons. The van der Waals surface area contributed by atoms with E-state index < -0.39 is 11.6 Å². The van der Waals surface area contributed by atoms with Gasteiger partial charge in [0, 0.05) is 24.2 Å². The summed E-state index contributed by atoms with van der Waals surface area (Å²) in [6.07, 6.45) is 3.22. The molecule has 0 aromatic heterocycles. The van der Waals surface area contributed by atoms with E-state index in [0.717, 1.165) is 42.5 Å². The van der Waals surface area contributed by atoms with E-state index in [1.807, 2.05) is 11.8 Å². The van der Waals surface area contributed by atoms with Crippen LogP contribution >= 0.6 is 11.8 Å². The van der Waals surface area contributed by atoms with E-state index in [9.17, 15) is 13.6 Å². The molecule has 2 heterocycles. The molecule has 2 aliphatic rings. The monoisotopic (exact) mass is 312 g/mol. The van der Waals surface area contributed by atoms with Crippen LogP contribution < -0.4 is 0 Å². The number of hydrogen-bond donors (Lipinski definition) is 0. The fourth-order valence-electron chi connectivity index (χ4n) is 3.28. The number of carbonyl (C=O) groups excluding carboxylic acids is 1. The Kier molecular flexibility index (Phi) is 4.31. The molecule has 5 heteroatoms. The molecule has 1 unspecified atom stereocenters. The fourth-order valence-corrected chi connectivity index (χ4v) is 4.51. The molecule has 3 rings (SSSR count). The van der Waals surface area contributed by atoms with Gasteiger partial charge in [-0.1, -0.05) is 0 Å². The van der Waals surface area contributed by atoms with Crippen LogP contribution in [0.3, 0.4) is 0 Å². The minimum absolute atomic E-state index is 0.139. The van der Waals surface area contributed by atoms with Crippen molar-refractivity contribution in [1.82, 2.24) is 0 Å². The summed E-state index contributed by atoms with van der Waals surface area (Å²) in [7, 11) is 0. The first-order valence-corrected chi connectivity index (χ1v) is 8.45. The second kappa shape index (κ2) is 6.05. The summed E-state index contributed by atoms with van der Waals surface area (Å²) in [5.74, 6) is 0.353. The number of hydrogen-bond acceptors (Lipinski definition) is 3. The third-order valence-electron chi connectivity index (χ3n) is 4.41. The minimum atomic E-state index is -0.700. The number of rotatable bonds is 2. The second-order valence-electron chi connectivity index (χ2n) is 5.86. The maximum Gasteiger partial charge on any atom is 0.166 e. The van der Waals surface area contributed by atoms with E-state index in [-0.39, 0.29) is 22.9 Å². The Morgan fingerprint density at radius 1 is 1.19 bits per heavy atom. The van der Waals surface area contributed by atoms with Gasteiger partial charge < -0.3 is 4.74 Å². The van der Waals surface area contributed by atoms with Crippen molar-refractivity contribution in [2.45, 2.75) is 31.3 Å². The standard InChI is InChI=1S/C16H18F2O2S/c17-13-7-12(8-14(18)9-13)15(19)11-1-4-20-16(10-11)2-5-21-6-3-16/h7-9,11H,1-6,10H2. The van der Waals surface area contributed by atoms with Crippen LogP contribution in [0, 0.1) is 17.6 Å². The highest BCUT2D eigenvalue weighted by atomic mass is 32.2. The molecule has 0 saturated carbocycles. The predicted octanol–water partition coefficient (Wildman–Crippen LogP) is 3.84.